The van der Waals surface area contributed by atoms with Gasteiger partial charge in [0.05, 0.1) is 23.6 Å². The highest BCUT2D eigenvalue weighted by Crippen LogP contribution is 2.55. The highest BCUT2D eigenvalue weighted by atomic mass is 19.1. The number of phenolic OH excluding ortho intramolecular Hbond substituents is 1. The second-order valence-corrected chi connectivity index (χ2v) is 9.95. The fourth-order valence-electron chi connectivity index (χ4n) is 6.10. The van der Waals surface area contributed by atoms with E-state index in [1.54, 1.807) is 19.1 Å². The summed E-state index contributed by atoms with van der Waals surface area (Å²) in [5, 5.41) is 59.0. The number of aromatic hydroxyl groups is 1. The summed E-state index contributed by atoms with van der Waals surface area (Å²) in [5.74, 6) is -9.34. The first-order valence-corrected chi connectivity index (χ1v) is 11.8. The quantitative estimate of drug-likeness (QED) is 0.194. The molecule has 0 bridgehead atoms. The number of aliphatic hydroxyl groups is 4. The van der Waals surface area contributed by atoms with Crippen LogP contribution in [0.4, 0.5) is 4.39 Å². The van der Waals surface area contributed by atoms with Crippen molar-refractivity contribution >= 4 is 17.5 Å². The Bertz CT molecular complexity index is 1260. The number of aliphatic hydroxyl groups excluding tert-OH is 3. The Morgan fingerprint density at radius 2 is 1.86 bits per heavy atom. The number of ketones is 2. The minimum Gasteiger partial charge on any atom is -0.510 e. The molecule has 0 spiro atoms. The maximum atomic E-state index is 13.7. The number of carbonyl (C=O) groups is 3. The molecule has 37 heavy (non-hydrogen) atoms. The Balaban J connectivity index is 1.96. The summed E-state index contributed by atoms with van der Waals surface area (Å²) >= 11 is 0. The maximum absolute atomic E-state index is 13.7. The van der Waals surface area contributed by atoms with E-state index in [9.17, 15) is 44.3 Å². The molecular formula is C25H30FN3O8. The van der Waals surface area contributed by atoms with E-state index in [0.717, 1.165) is 0 Å². The van der Waals surface area contributed by atoms with E-state index in [2.05, 4.69) is 5.32 Å². The zero-order valence-corrected chi connectivity index (χ0v) is 20.5. The zero-order chi connectivity index (χ0) is 27.6. The van der Waals surface area contributed by atoms with E-state index in [4.69, 9.17) is 5.73 Å². The van der Waals surface area contributed by atoms with Crippen LogP contribution in [0, 0.1) is 11.8 Å². The molecule has 3 aliphatic carbocycles. The Morgan fingerprint density at radius 1 is 1.22 bits per heavy atom. The van der Waals surface area contributed by atoms with Crippen LogP contribution in [-0.2, 0) is 16.1 Å². The second kappa shape index (κ2) is 9.21. The topological polar surface area (TPSA) is 194 Å². The molecule has 1 aromatic rings. The monoisotopic (exact) mass is 519 g/mol. The molecule has 1 amide bonds. The van der Waals surface area contributed by atoms with Gasteiger partial charge in [0.2, 0.25) is 5.78 Å². The summed E-state index contributed by atoms with van der Waals surface area (Å²) in [5.41, 5.74) is 1.38. The van der Waals surface area contributed by atoms with Crippen LogP contribution < -0.4 is 11.1 Å². The molecule has 0 saturated carbocycles. The van der Waals surface area contributed by atoms with E-state index >= 15 is 0 Å². The van der Waals surface area contributed by atoms with Crippen molar-refractivity contribution in [2.45, 2.75) is 37.1 Å². The summed E-state index contributed by atoms with van der Waals surface area (Å²) in [4.78, 5) is 40.5. The number of primary amides is 1. The second-order valence-electron chi connectivity index (χ2n) is 9.95. The molecule has 0 aromatic heterocycles. The zero-order valence-electron chi connectivity index (χ0n) is 20.5. The minimum atomic E-state index is -2.96. The average molecular weight is 520 g/mol. The molecule has 12 heteroatoms. The number of hydrogen-bond acceptors (Lipinski definition) is 10. The smallest absolute Gasteiger partial charge is 0.255 e. The van der Waals surface area contributed by atoms with Crippen molar-refractivity contribution in [1.29, 1.82) is 0 Å². The number of likely N-dealkylation sites (N-methyl/N-ethyl adjacent to an activating group) is 1. The lowest BCUT2D eigenvalue weighted by molar-refractivity contribution is -0.162. The van der Waals surface area contributed by atoms with Crippen LogP contribution in [-0.4, -0.2) is 93.0 Å². The third-order valence-corrected chi connectivity index (χ3v) is 7.80. The third kappa shape index (κ3) is 3.58. The van der Waals surface area contributed by atoms with E-state index in [1.807, 2.05) is 0 Å². The molecular weight excluding hydrogens is 489 g/mol. The summed E-state index contributed by atoms with van der Waals surface area (Å²) in [6, 6.07) is 1.83. The highest BCUT2D eigenvalue weighted by Gasteiger charge is 2.67. The van der Waals surface area contributed by atoms with Crippen LogP contribution in [0.2, 0.25) is 0 Å². The standard InChI is InChI=1S/C25H30FN3O8/c1-9-11-5-4-10(8-28-7-6-26)18(30)13(11)19(31)14-12(9)20(32)16-17(29(2)3)21(33)15(24(27)36)23(35)25(16,37)22(14)34/h4-5,9,12,16-17,20,28,30,32-34,37H,6-8H2,1-3H3,(H2,27,36)/t9-,12+,16+,17-,20-,25-/m0/s1. The number of nitrogens with one attached hydrogen (secondary N) is 1. The normalized spacial score (nSPS) is 31.4. The van der Waals surface area contributed by atoms with Gasteiger partial charge in [0, 0.05) is 30.1 Å². The molecule has 0 aliphatic heterocycles. The lowest BCUT2D eigenvalue weighted by Gasteiger charge is -2.53. The predicted octanol–water partition coefficient (Wildman–Crippen LogP) is -0.288. The largest absolute Gasteiger partial charge is 0.510 e. The third-order valence-electron chi connectivity index (χ3n) is 7.80. The van der Waals surface area contributed by atoms with Gasteiger partial charge in [0.15, 0.2) is 11.4 Å². The fraction of sp³-hybridized carbons (Fsp3) is 0.480. The SMILES string of the molecule is C[C@H]1c2ccc(CNCCF)c(O)c2C(=O)C2=C(O)[C@]3(O)C(=O)C(C(N)=O)=C(O)[C@@H](N(C)C)[C@@H]3[C@@H](O)[C@@H]21. The molecule has 1 aromatic carbocycles. The lowest BCUT2D eigenvalue weighted by Crippen LogP contribution is -2.68. The minimum absolute atomic E-state index is 0.0210. The van der Waals surface area contributed by atoms with Gasteiger partial charge in [-0.25, -0.2) is 4.39 Å². The summed E-state index contributed by atoms with van der Waals surface area (Å²) in [7, 11) is 2.94. The number of carbonyl (C=O) groups excluding carboxylic acids is 3. The molecule has 3 aliphatic rings. The van der Waals surface area contributed by atoms with Gasteiger partial charge in [-0.05, 0) is 25.6 Å². The number of rotatable bonds is 6. The summed E-state index contributed by atoms with van der Waals surface area (Å²) in [6.45, 7) is 1.08. The summed E-state index contributed by atoms with van der Waals surface area (Å²) < 4.78 is 12.5. The first-order valence-electron chi connectivity index (χ1n) is 11.8. The Kier molecular flexibility index (Phi) is 6.65. The Morgan fingerprint density at radius 3 is 2.43 bits per heavy atom. The predicted molar refractivity (Wildman–Crippen MR) is 127 cm³/mol. The van der Waals surface area contributed by atoms with Gasteiger partial charge in [-0.1, -0.05) is 19.1 Å². The van der Waals surface area contributed by atoms with Gasteiger partial charge < -0.3 is 36.6 Å². The van der Waals surface area contributed by atoms with Gasteiger partial charge in [-0.3, -0.25) is 19.3 Å². The molecule has 0 heterocycles. The number of halogens is 1. The number of alkyl halides is 1. The van der Waals surface area contributed by atoms with Crippen molar-refractivity contribution in [3.8, 4) is 5.75 Å². The average Bonchev–Trinajstić information content (AvgIpc) is 2.82. The van der Waals surface area contributed by atoms with Gasteiger partial charge in [-0.15, -0.1) is 0 Å². The van der Waals surface area contributed by atoms with Crippen LogP contribution in [0.1, 0.15) is 34.3 Å². The van der Waals surface area contributed by atoms with Crippen molar-refractivity contribution in [2.75, 3.05) is 27.3 Å². The lowest BCUT2D eigenvalue weighted by atomic mass is 9.55. The van der Waals surface area contributed by atoms with Crippen LogP contribution in [0.5, 0.6) is 5.75 Å². The maximum Gasteiger partial charge on any atom is 0.255 e. The van der Waals surface area contributed by atoms with Crippen LogP contribution in [0.15, 0.2) is 34.8 Å². The number of fused-ring (bicyclic) bond motifs is 3. The van der Waals surface area contributed by atoms with E-state index in [1.165, 1.54) is 19.0 Å². The van der Waals surface area contributed by atoms with E-state index < -0.39 is 88.1 Å². The summed E-state index contributed by atoms with van der Waals surface area (Å²) in [6.07, 6.45) is -1.65. The van der Waals surface area contributed by atoms with Gasteiger partial charge in [0.25, 0.3) is 5.91 Å². The van der Waals surface area contributed by atoms with Crippen LogP contribution in [0.3, 0.4) is 0 Å². The van der Waals surface area contributed by atoms with Gasteiger partial charge >= 0.3 is 0 Å². The number of hydrogen-bond donors (Lipinski definition) is 7. The molecule has 0 saturated heterocycles. The van der Waals surface area contributed by atoms with Crippen molar-refractivity contribution in [2.24, 2.45) is 17.6 Å². The van der Waals surface area contributed by atoms with Crippen molar-refractivity contribution in [1.82, 2.24) is 10.2 Å². The van der Waals surface area contributed by atoms with Gasteiger partial charge in [0.1, 0.15) is 29.5 Å². The van der Waals surface area contributed by atoms with Gasteiger partial charge in [-0.2, -0.15) is 0 Å². The molecule has 8 N–H and O–H groups in total. The van der Waals surface area contributed by atoms with Crippen molar-refractivity contribution in [3.63, 3.8) is 0 Å². The molecule has 200 valence electrons. The van der Waals surface area contributed by atoms with E-state index in [0.29, 0.717) is 5.56 Å². The number of benzene rings is 1. The van der Waals surface area contributed by atoms with Crippen LogP contribution in [0.25, 0.3) is 0 Å². The number of nitrogens with two attached hydrogens (primary N) is 1. The molecule has 11 nitrogen and oxygen atoms in total. The van der Waals surface area contributed by atoms with E-state index in [-0.39, 0.29) is 24.2 Å². The van der Waals surface area contributed by atoms with Crippen molar-refractivity contribution < 1.29 is 44.3 Å². The molecule has 6 atom stereocenters. The first-order chi connectivity index (χ1) is 17.3. The highest BCUT2D eigenvalue weighted by molar-refractivity contribution is 6.25. The number of phenols is 1. The fourth-order valence-corrected chi connectivity index (χ4v) is 6.10. The first kappa shape index (κ1) is 26.7. The molecule has 4 rings (SSSR count). The Hall–Kier alpha value is -3.32. The van der Waals surface area contributed by atoms with Crippen LogP contribution >= 0.6 is 0 Å². The number of amides is 1. The number of Topliss-reactive ketones (excluding diaryl/α,β-unsaturated/α-hetero) is 2. The van der Waals surface area contributed by atoms with Crippen molar-refractivity contribution in [3.05, 3.63) is 51.5 Å². The molecule has 0 unspecified atom stereocenters. The Labute approximate surface area is 211 Å². The molecule has 0 radical (unpaired) electrons. The number of nitrogens with zero attached hydrogens (tertiary/aromatic N) is 1. The molecule has 0 fully saturated rings.